The molecule has 90 valence electrons. The molecule has 15 heavy (non-hydrogen) atoms. The molecule has 0 aromatic carbocycles. The third-order valence-corrected chi connectivity index (χ3v) is 3.67. The van der Waals surface area contributed by atoms with Crippen LogP contribution in [0, 0.1) is 5.92 Å². The van der Waals surface area contributed by atoms with Crippen LogP contribution in [0.4, 0.5) is 0 Å². The molecular weight excluding hydrogens is 184 g/mol. The standard InChI is InChI=1S/C13H28N2/c1-5-13-6-8-15(9-7-13)12(4)10-14-11(2)3/h11-14H,5-10H2,1-4H3. The molecule has 1 rings (SSSR count). The van der Waals surface area contributed by atoms with Crippen molar-refractivity contribution in [3.05, 3.63) is 0 Å². The van der Waals surface area contributed by atoms with E-state index in [1.54, 1.807) is 0 Å². The predicted octanol–water partition coefficient (Wildman–Crippen LogP) is 2.49. The quantitative estimate of drug-likeness (QED) is 0.753. The lowest BCUT2D eigenvalue weighted by molar-refractivity contribution is 0.136. The Hall–Kier alpha value is -0.0800. The van der Waals surface area contributed by atoms with Crippen LogP contribution in [-0.2, 0) is 0 Å². The van der Waals surface area contributed by atoms with Crippen LogP contribution in [0.15, 0.2) is 0 Å². The Morgan fingerprint density at radius 1 is 1.20 bits per heavy atom. The van der Waals surface area contributed by atoms with Crippen LogP contribution in [0.25, 0.3) is 0 Å². The lowest BCUT2D eigenvalue weighted by Gasteiger charge is -2.36. The van der Waals surface area contributed by atoms with Gasteiger partial charge in [0, 0.05) is 18.6 Å². The van der Waals surface area contributed by atoms with Gasteiger partial charge in [-0.25, -0.2) is 0 Å². The van der Waals surface area contributed by atoms with Gasteiger partial charge in [-0.15, -0.1) is 0 Å². The zero-order chi connectivity index (χ0) is 11.3. The molecule has 1 atom stereocenters. The second-order valence-electron chi connectivity index (χ2n) is 5.30. The minimum Gasteiger partial charge on any atom is -0.313 e. The first-order valence-electron chi connectivity index (χ1n) is 6.61. The molecule has 2 heteroatoms. The smallest absolute Gasteiger partial charge is 0.0192 e. The third-order valence-electron chi connectivity index (χ3n) is 3.67. The highest BCUT2D eigenvalue weighted by Crippen LogP contribution is 2.21. The number of hydrogen-bond acceptors (Lipinski definition) is 2. The summed E-state index contributed by atoms with van der Waals surface area (Å²) in [5.74, 6) is 0.992. The van der Waals surface area contributed by atoms with Gasteiger partial charge in [0.05, 0.1) is 0 Å². The molecule has 0 aromatic rings. The Morgan fingerprint density at radius 2 is 1.80 bits per heavy atom. The van der Waals surface area contributed by atoms with Crippen molar-refractivity contribution in [3.63, 3.8) is 0 Å². The van der Waals surface area contributed by atoms with Gasteiger partial charge in [0.1, 0.15) is 0 Å². The van der Waals surface area contributed by atoms with Gasteiger partial charge < -0.3 is 5.32 Å². The number of nitrogens with zero attached hydrogens (tertiary/aromatic N) is 1. The molecule has 2 nitrogen and oxygen atoms in total. The van der Waals surface area contributed by atoms with E-state index in [1.165, 1.54) is 32.4 Å². The number of rotatable bonds is 5. The van der Waals surface area contributed by atoms with Gasteiger partial charge in [-0.05, 0) is 38.8 Å². The summed E-state index contributed by atoms with van der Waals surface area (Å²) in [5.41, 5.74) is 0. The van der Waals surface area contributed by atoms with Gasteiger partial charge in [0.25, 0.3) is 0 Å². The van der Waals surface area contributed by atoms with Gasteiger partial charge in [-0.3, -0.25) is 4.90 Å². The third kappa shape index (κ3) is 4.52. The zero-order valence-electron chi connectivity index (χ0n) is 10.9. The molecule has 1 aliphatic heterocycles. The van der Waals surface area contributed by atoms with Crippen LogP contribution in [0.5, 0.6) is 0 Å². The lowest BCUT2D eigenvalue weighted by atomic mass is 9.94. The van der Waals surface area contributed by atoms with Crippen LogP contribution < -0.4 is 5.32 Å². The van der Waals surface area contributed by atoms with Crippen LogP contribution in [-0.4, -0.2) is 36.6 Å². The average molecular weight is 212 g/mol. The SMILES string of the molecule is CCC1CCN(C(C)CNC(C)C)CC1. The summed E-state index contributed by atoms with van der Waals surface area (Å²) in [4.78, 5) is 2.64. The Bertz CT molecular complexity index is 160. The Labute approximate surface area is 95.4 Å². The fraction of sp³-hybridized carbons (Fsp3) is 1.00. The summed E-state index contributed by atoms with van der Waals surface area (Å²) in [6, 6.07) is 1.31. The second-order valence-corrected chi connectivity index (χ2v) is 5.30. The molecule has 0 aromatic heterocycles. The van der Waals surface area contributed by atoms with E-state index < -0.39 is 0 Å². The summed E-state index contributed by atoms with van der Waals surface area (Å²) in [6.07, 6.45) is 4.18. The molecule has 0 radical (unpaired) electrons. The first-order valence-corrected chi connectivity index (χ1v) is 6.61. The van der Waals surface area contributed by atoms with Crippen LogP contribution in [0.2, 0.25) is 0 Å². The Morgan fingerprint density at radius 3 is 2.27 bits per heavy atom. The van der Waals surface area contributed by atoms with E-state index in [1.807, 2.05) is 0 Å². The van der Waals surface area contributed by atoms with Crippen LogP contribution in [0.1, 0.15) is 47.0 Å². The van der Waals surface area contributed by atoms with Gasteiger partial charge in [-0.2, -0.15) is 0 Å². The molecular formula is C13H28N2. The Balaban J connectivity index is 2.20. The first-order chi connectivity index (χ1) is 7.13. The zero-order valence-corrected chi connectivity index (χ0v) is 10.9. The predicted molar refractivity (Wildman–Crippen MR) is 67.2 cm³/mol. The van der Waals surface area contributed by atoms with Gasteiger partial charge in [0.2, 0.25) is 0 Å². The minimum absolute atomic E-state index is 0.612. The second kappa shape index (κ2) is 6.49. The van der Waals surface area contributed by atoms with Gasteiger partial charge in [-0.1, -0.05) is 27.2 Å². The summed E-state index contributed by atoms with van der Waals surface area (Å²) < 4.78 is 0. The van der Waals surface area contributed by atoms with Crippen molar-refractivity contribution in [2.24, 2.45) is 5.92 Å². The first kappa shape index (κ1) is 13.0. The monoisotopic (exact) mass is 212 g/mol. The fourth-order valence-electron chi connectivity index (χ4n) is 2.34. The van der Waals surface area contributed by atoms with E-state index in [-0.39, 0.29) is 0 Å². The van der Waals surface area contributed by atoms with Crippen molar-refractivity contribution in [3.8, 4) is 0 Å². The highest BCUT2D eigenvalue weighted by Gasteiger charge is 2.21. The molecule has 0 spiro atoms. The van der Waals surface area contributed by atoms with E-state index >= 15 is 0 Å². The number of piperidine rings is 1. The van der Waals surface area contributed by atoms with Crippen LogP contribution >= 0.6 is 0 Å². The molecule has 0 saturated carbocycles. The molecule has 0 amide bonds. The largest absolute Gasteiger partial charge is 0.313 e. The minimum atomic E-state index is 0.612. The topological polar surface area (TPSA) is 15.3 Å². The van der Waals surface area contributed by atoms with E-state index in [9.17, 15) is 0 Å². The molecule has 1 heterocycles. The number of likely N-dealkylation sites (tertiary alicyclic amines) is 1. The lowest BCUT2D eigenvalue weighted by Crippen LogP contribution is -2.45. The van der Waals surface area contributed by atoms with Crippen molar-refractivity contribution >= 4 is 0 Å². The normalized spacial score (nSPS) is 22.2. The van der Waals surface area contributed by atoms with Gasteiger partial charge in [0.15, 0.2) is 0 Å². The molecule has 1 N–H and O–H groups in total. The fourth-order valence-corrected chi connectivity index (χ4v) is 2.34. The van der Waals surface area contributed by atoms with Gasteiger partial charge >= 0.3 is 0 Å². The highest BCUT2D eigenvalue weighted by molar-refractivity contribution is 4.77. The van der Waals surface area contributed by atoms with Crippen LogP contribution in [0.3, 0.4) is 0 Å². The molecule has 1 aliphatic rings. The molecule has 1 fully saturated rings. The van der Waals surface area contributed by atoms with E-state index in [0.717, 1.165) is 12.5 Å². The maximum Gasteiger partial charge on any atom is 0.0192 e. The van der Waals surface area contributed by atoms with Crippen molar-refractivity contribution in [1.82, 2.24) is 10.2 Å². The number of nitrogens with one attached hydrogen (secondary N) is 1. The van der Waals surface area contributed by atoms with Crippen molar-refractivity contribution in [2.75, 3.05) is 19.6 Å². The number of hydrogen-bond donors (Lipinski definition) is 1. The van der Waals surface area contributed by atoms with Crippen molar-refractivity contribution in [1.29, 1.82) is 0 Å². The highest BCUT2D eigenvalue weighted by atomic mass is 15.2. The summed E-state index contributed by atoms with van der Waals surface area (Å²) in [7, 11) is 0. The molecule has 0 bridgehead atoms. The van der Waals surface area contributed by atoms with E-state index in [2.05, 4.69) is 37.9 Å². The molecule has 0 aliphatic carbocycles. The van der Waals surface area contributed by atoms with Crippen molar-refractivity contribution < 1.29 is 0 Å². The van der Waals surface area contributed by atoms with E-state index in [4.69, 9.17) is 0 Å². The van der Waals surface area contributed by atoms with Crippen molar-refractivity contribution in [2.45, 2.75) is 59.0 Å². The average Bonchev–Trinajstić information content (AvgIpc) is 2.26. The molecule has 1 saturated heterocycles. The summed E-state index contributed by atoms with van der Waals surface area (Å²) in [6.45, 7) is 12.9. The maximum absolute atomic E-state index is 3.53. The summed E-state index contributed by atoms with van der Waals surface area (Å²) in [5, 5.41) is 3.53. The maximum atomic E-state index is 3.53. The van der Waals surface area contributed by atoms with E-state index in [0.29, 0.717) is 12.1 Å². The molecule has 1 unspecified atom stereocenters. The Kier molecular flexibility index (Phi) is 5.62. The summed E-state index contributed by atoms with van der Waals surface area (Å²) >= 11 is 0.